The number of H-pyrrole nitrogens is 1. The van der Waals surface area contributed by atoms with Crippen LogP contribution in [0, 0.1) is 13.8 Å². The van der Waals surface area contributed by atoms with Gasteiger partial charge in [0.05, 0.1) is 11.3 Å². The summed E-state index contributed by atoms with van der Waals surface area (Å²) in [7, 11) is 0. The molecule has 0 aliphatic rings. The first-order valence-electron chi connectivity index (χ1n) is 8.90. The number of amides is 1. The fourth-order valence-corrected chi connectivity index (χ4v) is 4.06. The molecular weight excluding hydrogens is 388 g/mol. The van der Waals surface area contributed by atoms with Crippen LogP contribution in [0.25, 0.3) is 11.4 Å². The first kappa shape index (κ1) is 18.9. The van der Waals surface area contributed by atoms with Crippen LogP contribution in [0.15, 0.2) is 57.9 Å². The number of hydrogen-bond acceptors (Lipinski definition) is 7. The van der Waals surface area contributed by atoms with Gasteiger partial charge >= 0.3 is 0 Å². The number of aromatic nitrogens is 5. The van der Waals surface area contributed by atoms with Crippen molar-refractivity contribution in [2.75, 3.05) is 5.32 Å². The fourth-order valence-electron chi connectivity index (χ4n) is 2.86. The molecule has 1 amide bonds. The van der Waals surface area contributed by atoms with Gasteiger partial charge in [0.2, 0.25) is 5.82 Å². The molecule has 2 heterocycles. The van der Waals surface area contributed by atoms with Gasteiger partial charge < -0.3 is 9.84 Å². The minimum atomic E-state index is -0.183. The van der Waals surface area contributed by atoms with Crippen molar-refractivity contribution in [2.24, 2.45) is 0 Å². The Morgan fingerprint density at radius 3 is 2.79 bits per heavy atom. The van der Waals surface area contributed by atoms with Crippen molar-refractivity contribution in [2.45, 2.75) is 24.5 Å². The molecule has 0 saturated carbocycles. The Morgan fingerprint density at radius 2 is 2.03 bits per heavy atom. The zero-order chi connectivity index (χ0) is 20.2. The van der Waals surface area contributed by atoms with Crippen LogP contribution in [-0.2, 0) is 5.75 Å². The molecule has 4 rings (SSSR count). The Bertz CT molecular complexity index is 1120. The van der Waals surface area contributed by atoms with E-state index in [4.69, 9.17) is 4.52 Å². The highest BCUT2D eigenvalue weighted by molar-refractivity contribution is 7.98. The maximum absolute atomic E-state index is 12.9. The van der Waals surface area contributed by atoms with Crippen molar-refractivity contribution in [3.05, 3.63) is 71.1 Å². The second-order valence-electron chi connectivity index (χ2n) is 6.36. The van der Waals surface area contributed by atoms with Gasteiger partial charge in [0.25, 0.3) is 5.91 Å². The van der Waals surface area contributed by atoms with Gasteiger partial charge in [-0.05, 0) is 43.3 Å². The predicted octanol–water partition coefficient (Wildman–Crippen LogP) is 4.02. The van der Waals surface area contributed by atoms with Gasteiger partial charge in [-0.15, -0.1) is 22.0 Å². The second-order valence-corrected chi connectivity index (χ2v) is 7.38. The number of tetrazole rings is 1. The van der Waals surface area contributed by atoms with Crippen molar-refractivity contribution in [3.8, 4) is 11.4 Å². The number of thioether (sulfide) groups is 1. The van der Waals surface area contributed by atoms with E-state index in [1.165, 1.54) is 0 Å². The molecule has 0 atom stereocenters. The molecule has 0 bridgehead atoms. The van der Waals surface area contributed by atoms with Gasteiger partial charge in [-0.2, -0.15) is 5.21 Å². The highest BCUT2D eigenvalue weighted by Gasteiger charge is 2.15. The minimum absolute atomic E-state index is 0.183. The summed E-state index contributed by atoms with van der Waals surface area (Å²) in [5, 5.41) is 20.9. The third-order valence-electron chi connectivity index (χ3n) is 4.41. The number of anilines is 1. The topological polar surface area (TPSA) is 110 Å². The normalized spacial score (nSPS) is 10.8. The van der Waals surface area contributed by atoms with Crippen LogP contribution in [-0.4, -0.2) is 31.7 Å². The SMILES string of the molecule is Cc1noc(C)c1CSc1ccccc1C(=O)Nc1cccc(-c2nn[nH]n2)c1. The Balaban J connectivity index is 1.52. The van der Waals surface area contributed by atoms with E-state index in [9.17, 15) is 4.79 Å². The number of nitrogens with zero attached hydrogens (tertiary/aromatic N) is 4. The number of rotatable bonds is 6. The molecule has 4 aromatic rings. The third-order valence-corrected chi connectivity index (χ3v) is 5.51. The van der Waals surface area contributed by atoms with Crippen LogP contribution >= 0.6 is 11.8 Å². The molecule has 0 radical (unpaired) electrons. The van der Waals surface area contributed by atoms with Crippen molar-refractivity contribution in [1.82, 2.24) is 25.8 Å². The standard InChI is InChI=1S/C20H18N6O2S/c1-12-17(13(2)28-24-12)11-29-18-9-4-3-8-16(18)20(27)21-15-7-5-6-14(10-15)19-22-25-26-23-19/h3-10H,11H2,1-2H3,(H,21,27)(H,22,23,25,26). The van der Waals surface area contributed by atoms with E-state index >= 15 is 0 Å². The Labute approximate surface area is 171 Å². The second kappa shape index (κ2) is 8.27. The zero-order valence-corrected chi connectivity index (χ0v) is 16.7. The van der Waals surface area contributed by atoms with Gasteiger partial charge in [0, 0.05) is 27.5 Å². The highest BCUT2D eigenvalue weighted by atomic mass is 32.2. The van der Waals surface area contributed by atoms with E-state index in [1.54, 1.807) is 11.8 Å². The summed E-state index contributed by atoms with van der Waals surface area (Å²) in [4.78, 5) is 13.8. The molecule has 0 aliphatic carbocycles. The molecule has 0 fully saturated rings. The molecule has 8 nitrogen and oxygen atoms in total. The number of carbonyl (C=O) groups excluding carboxylic acids is 1. The number of nitrogens with one attached hydrogen (secondary N) is 2. The van der Waals surface area contributed by atoms with Gasteiger partial charge in [-0.1, -0.05) is 29.4 Å². The molecule has 146 valence electrons. The van der Waals surface area contributed by atoms with Crippen LogP contribution in [0.3, 0.4) is 0 Å². The molecule has 2 N–H and O–H groups in total. The van der Waals surface area contributed by atoms with Crippen LogP contribution < -0.4 is 5.32 Å². The van der Waals surface area contributed by atoms with Crippen LogP contribution in [0.1, 0.15) is 27.4 Å². The fraction of sp³-hybridized carbons (Fsp3) is 0.150. The van der Waals surface area contributed by atoms with Crippen LogP contribution in [0.2, 0.25) is 0 Å². The minimum Gasteiger partial charge on any atom is -0.361 e. The van der Waals surface area contributed by atoms with Crippen molar-refractivity contribution in [3.63, 3.8) is 0 Å². The zero-order valence-electron chi connectivity index (χ0n) is 15.8. The van der Waals surface area contributed by atoms with E-state index in [2.05, 4.69) is 31.1 Å². The summed E-state index contributed by atoms with van der Waals surface area (Å²) in [5.74, 6) is 1.77. The van der Waals surface area contributed by atoms with Crippen LogP contribution in [0.4, 0.5) is 5.69 Å². The molecule has 29 heavy (non-hydrogen) atoms. The molecule has 2 aromatic heterocycles. The van der Waals surface area contributed by atoms with Gasteiger partial charge in [0.15, 0.2) is 0 Å². The van der Waals surface area contributed by atoms with Crippen molar-refractivity contribution >= 4 is 23.4 Å². The first-order chi connectivity index (χ1) is 14.1. The number of aryl methyl sites for hydroxylation is 2. The van der Waals surface area contributed by atoms with Gasteiger partial charge in [0.1, 0.15) is 5.76 Å². The van der Waals surface area contributed by atoms with E-state index in [0.29, 0.717) is 22.8 Å². The summed E-state index contributed by atoms with van der Waals surface area (Å²) >= 11 is 1.58. The lowest BCUT2D eigenvalue weighted by atomic mass is 10.1. The number of hydrogen-bond donors (Lipinski definition) is 2. The van der Waals surface area contributed by atoms with E-state index in [1.807, 2.05) is 62.4 Å². The summed E-state index contributed by atoms with van der Waals surface area (Å²) in [5.41, 5.74) is 3.95. The average molecular weight is 406 g/mol. The predicted molar refractivity (Wildman–Crippen MR) is 110 cm³/mol. The largest absolute Gasteiger partial charge is 0.361 e. The Morgan fingerprint density at radius 1 is 1.17 bits per heavy atom. The third kappa shape index (κ3) is 4.19. The van der Waals surface area contributed by atoms with E-state index in [-0.39, 0.29) is 5.91 Å². The van der Waals surface area contributed by atoms with Crippen molar-refractivity contribution < 1.29 is 9.32 Å². The number of aromatic amines is 1. The molecule has 2 aromatic carbocycles. The quantitative estimate of drug-likeness (QED) is 0.465. The molecule has 0 aliphatic heterocycles. The summed E-state index contributed by atoms with van der Waals surface area (Å²) < 4.78 is 5.22. The van der Waals surface area contributed by atoms with E-state index in [0.717, 1.165) is 27.5 Å². The summed E-state index contributed by atoms with van der Waals surface area (Å²) in [6.45, 7) is 3.81. The monoisotopic (exact) mass is 406 g/mol. The molecular formula is C20H18N6O2S. The molecule has 0 unspecified atom stereocenters. The smallest absolute Gasteiger partial charge is 0.256 e. The lowest BCUT2D eigenvalue weighted by Gasteiger charge is -2.10. The molecule has 9 heteroatoms. The summed E-state index contributed by atoms with van der Waals surface area (Å²) in [6.07, 6.45) is 0. The van der Waals surface area contributed by atoms with Gasteiger partial charge in [-0.3, -0.25) is 4.79 Å². The summed E-state index contributed by atoms with van der Waals surface area (Å²) in [6, 6.07) is 14.8. The lowest BCUT2D eigenvalue weighted by Crippen LogP contribution is -2.13. The first-order valence-corrected chi connectivity index (χ1v) is 9.89. The average Bonchev–Trinajstić information content (AvgIpc) is 3.38. The number of benzene rings is 2. The Hall–Kier alpha value is -3.46. The van der Waals surface area contributed by atoms with Crippen molar-refractivity contribution in [1.29, 1.82) is 0 Å². The Kier molecular flexibility index (Phi) is 5.39. The van der Waals surface area contributed by atoms with Gasteiger partial charge in [-0.25, -0.2) is 0 Å². The van der Waals surface area contributed by atoms with Crippen LogP contribution in [0.5, 0.6) is 0 Å². The maximum atomic E-state index is 12.9. The van der Waals surface area contributed by atoms with E-state index < -0.39 is 0 Å². The highest BCUT2D eigenvalue weighted by Crippen LogP contribution is 2.29. The lowest BCUT2D eigenvalue weighted by molar-refractivity contribution is 0.102. The maximum Gasteiger partial charge on any atom is 0.256 e. The number of carbonyl (C=O) groups is 1. The molecule has 0 saturated heterocycles. The molecule has 0 spiro atoms.